The molecule has 1 rings (SSSR count). The van der Waals surface area contributed by atoms with E-state index in [4.69, 9.17) is 4.74 Å². The van der Waals surface area contributed by atoms with E-state index in [9.17, 15) is 0 Å². The van der Waals surface area contributed by atoms with Crippen molar-refractivity contribution in [1.29, 1.82) is 0 Å². The predicted octanol–water partition coefficient (Wildman–Crippen LogP) is 2.00. The molecule has 0 aliphatic heterocycles. The first-order valence-corrected chi connectivity index (χ1v) is 6.92. The summed E-state index contributed by atoms with van der Waals surface area (Å²) < 4.78 is 8.55. The van der Waals surface area contributed by atoms with Crippen LogP contribution in [0, 0.1) is 6.92 Å². The second-order valence-electron chi connectivity index (χ2n) is 2.78. The first kappa shape index (κ1) is 11.4. The molecule has 0 saturated carbocycles. The first-order valence-electron chi connectivity index (χ1n) is 4.41. The van der Waals surface area contributed by atoms with Gasteiger partial charge in [-0.25, -0.2) is 0 Å². The molecular weight excluding hydrogens is 288 g/mol. The van der Waals surface area contributed by atoms with Crippen molar-refractivity contribution in [2.75, 3.05) is 7.11 Å². The zero-order valence-electron chi connectivity index (χ0n) is 8.44. The van der Waals surface area contributed by atoms with Gasteiger partial charge in [0.2, 0.25) is 0 Å². The maximum atomic E-state index is 4.80. The molecule has 0 aromatic heterocycles. The van der Waals surface area contributed by atoms with E-state index in [1.165, 1.54) is 9.17 Å². The number of ether oxygens (including phenoxy) is 1. The molecule has 14 heavy (non-hydrogen) atoms. The molecule has 0 amide bonds. The predicted molar refractivity (Wildman–Crippen MR) is 61.9 cm³/mol. The second kappa shape index (κ2) is 6.70. The Morgan fingerprint density at radius 3 is 2.71 bits per heavy atom. The van der Waals surface area contributed by atoms with Crippen LogP contribution in [0.5, 0.6) is 0 Å². The fraction of sp³-hybridized carbons (Fsp3) is 0.167. The monoisotopic (exact) mass is 304 g/mol. The Morgan fingerprint density at radius 1 is 1.21 bits per heavy atom. The summed E-state index contributed by atoms with van der Waals surface area (Å²) >= 11 is -0.177. The molecule has 0 radical (unpaired) electrons. The fourth-order valence-electron chi connectivity index (χ4n) is 0.971. The second-order valence-corrected chi connectivity index (χ2v) is 5.48. The maximum absolute atomic E-state index is 4.80. The molecule has 0 fully saturated rings. The third kappa shape index (κ3) is 4.00. The molecule has 0 saturated heterocycles. The number of aryl methyl sites for hydroxylation is 1. The van der Waals surface area contributed by atoms with Crippen molar-refractivity contribution < 1.29 is 4.74 Å². The summed E-state index contributed by atoms with van der Waals surface area (Å²) in [7, 11) is 1.66. The zero-order valence-corrected chi connectivity index (χ0v) is 10.8. The van der Waals surface area contributed by atoms with E-state index in [1.54, 1.807) is 13.4 Å². The standard InChI is InChI=1S/C12H14OTe/c1-11-7-3-4-8-12(11)14-10-6-5-9-13-2/h3-10H,1-2H3/b9-5-,10-6-. The van der Waals surface area contributed by atoms with E-state index in [0.29, 0.717) is 0 Å². The van der Waals surface area contributed by atoms with E-state index in [1.807, 2.05) is 6.08 Å². The summed E-state index contributed by atoms with van der Waals surface area (Å²) in [5.74, 6) is 0. The Hall–Kier alpha value is -0.710. The Bertz CT molecular complexity index is 329. The van der Waals surface area contributed by atoms with E-state index in [2.05, 4.69) is 41.4 Å². The average Bonchev–Trinajstić information content (AvgIpc) is 2.20. The van der Waals surface area contributed by atoms with Gasteiger partial charge in [0, 0.05) is 0 Å². The Kier molecular flexibility index (Phi) is 5.44. The SMILES string of the molecule is CO/C=C\C=C/[Te]c1ccccc1C. The van der Waals surface area contributed by atoms with Crippen molar-refractivity contribution in [3.8, 4) is 0 Å². The first-order chi connectivity index (χ1) is 6.84. The molecule has 74 valence electrons. The van der Waals surface area contributed by atoms with Crippen LogP contribution in [0.1, 0.15) is 5.56 Å². The molecule has 0 atom stereocenters. The van der Waals surface area contributed by atoms with Crippen LogP contribution >= 0.6 is 0 Å². The van der Waals surface area contributed by atoms with Gasteiger partial charge in [-0.2, -0.15) is 0 Å². The van der Waals surface area contributed by atoms with Crippen molar-refractivity contribution in [1.82, 2.24) is 0 Å². The molecule has 0 heterocycles. The van der Waals surface area contributed by atoms with Crippen molar-refractivity contribution in [2.24, 2.45) is 0 Å². The number of benzene rings is 1. The molecule has 1 nitrogen and oxygen atoms in total. The Balaban J connectivity index is 2.49. The topological polar surface area (TPSA) is 9.23 Å². The van der Waals surface area contributed by atoms with Gasteiger partial charge >= 0.3 is 95.7 Å². The summed E-state index contributed by atoms with van der Waals surface area (Å²) in [5, 5.41) is 0. The molecule has 0 unspecified atom stereocenters. The Morgan fingerprint density at radius 2 is 2.00 bits per heavy atom. The molecule has 1 aromatic carbocycles. The quantitative estimate of drug-likeness (QED) is 0.469. The minimum absolute atomic E-state index is 0.177. The van der Waals surface area contributed by atoms with E-state index in [0.717, 1.165) is 0 Å². The van der Waals surface area contributed by atoms with Crippen LogP contribution in [0.2, 0.25) is 0 Å². The third-order valence-corrected chi connectivity index (χ3v) is 4.56. The number of hydrogen-bond donors (Lipinski definition) is 0. The van der Waals surface area contributed by atoms with Gasteiger partial charge in [0.25, 0.3) is 0 Å². The molecule has 2 heteroatoms. The number of hydrogen-bond acceptors (Lipinski definition) is 1. The molecule has 0 spiro atoms. The van der Waals surface area contributed by atoms with Crippen LogP contribution in [0.3, 0.4) is 0 Å². The zero-order chi connectivity index (χ0) is 10.2. The number of allylic oxidation sites excluding steroid dienone is 2. The third-order valence-electron chi connectivity index (χ3n) is 1.69. The van der Waals surface area contributed by atoms with Crippen LogP contribution in [0.15, 0.2) is 46.8 Å². The van der Waals surface area contributed by atoms with Gasteiger partial charge < -0.3 is 0 Å². The van der Waals surface area contributed by atoms with Crippen LogP contribution in [-0.4, -0.2) is 28.0 Å². The van der Waals surface area contributed by atoms with E-state index < -0.39 is 0 Å². The van der Waals surface area contributed by atoms with E-state index >= 15 is 0 Å². The number of rotatable bonds is 4. The molecular formula is C12H14OTe. The molecule has 0 bridgehead atoms. The summed E-state index contributed by atoms with van der Waals surface area (Å²) in [6.45, 7) is 2.17. The Labute approximate surface area is 95.6 Å². The van der Waals surface area contributed by atoms with Gasteiger partial charge in [0.15, 0.2) is 0 Å². The fourth-order valence-corrected chi connectivity index (χ4v) is 3.05. The average molecular weight is 302 g/mol. The van der Waals surface area contributed by atoms with Gasteiger partial charge in [0.05, 0.1) is 0 Å². The normalized spacial score (nSPS) is 11.3. The van der Waals surface area contributed by atoms with Crippen molar-refractivity contribution >= 4 is 24.5 Å². The van der Waals surface area contributed by atoms with Crippen LogP contribution < -0.4 is 3.61 Å². The summed E-state index contributed by atoms with van der Waals surface area (Å²) in [6.07, 6.45) is 5.66. The van der Waals surface area contributed by atoms with E-state index in [-0.39, 0.29) is 20.9 Å². The van der Waals surface area contributed by atoms with Crippen molar-refractivity contribution in [2.45, 2.75) is 6.92 Å². The molecule has 0 N–H and O–H groups in total. The van der Waals surface area contributed by atoms with Gasteiger partial charge in [0.1, 0.15) is 0 Å². The van der Waals surface area contributed by atoms with Crippen LogP contribution in [-0.2, 0) is 4.74 Å². The van der Waals surface area contributed by atoms with Crippen LogP contribution in [0.25, 0.3) is 0 Å². The summed E-state index contributed by atoms with van der Waals surface area (Å²) in [5.41, 5.74) is 1.40. The molecule has 1 aromatic rings. The van der Waals surface area contributed by atoms with Gasteiger partial charge in [-0.1, -0.05) is 0 Å². The van der Waals surface area contributed by atoms with Gasteiger partial charge in [-0.15, -0.1) is 0 Å². The van der Waals surface area contributed by atoms with Crippen LogP contribution in [0.4, 0.5) is 0 Å². The van der Waals surface area contributed by atoms with Gasteiger partial charge in [-0.05, 0) is 0 Å². The number of methoxy groups -OCH3 is 1. The van der Waals surface area contributed by atoms with Crippen molar-refractivity contribution in [3.05, 3.63) is 52.4 Å². The summed E-state index contributed by atoms with van der Waals surface area (Å²) in [6, 6.07) is 8.56. The summed E-state index contributed by atoms with van der Waals surface area (Å²) in [4.78, 5) is 0. The van der Waals surface area contributed by atoms with Gasteiger partial charge in [-0.3, -0.25) is 0 Å². The van der Waals surface area contributed by atoms with Crippen molar-refractivity contribution in [3.63, 3.8) is 0 Å². The minimum atomic E-state index is -0.177. The molecule has 0 aliphatic carbocycles. The molecule has 0 aliphatic rings.